The van der Waals surface area contributed by atoms with Crippen LogP contribution < -0.4 is 0 Å². The lowest BCUT2D eigenvalue weighted by atomic mass is 10.2. The number of hydrogen-bond donors (Lipinski definition) is 1. The van der Waals surface area contributed by atoms with Gasteiger partial charge < -0.3 is 14.7 Å². The lowest BCUT2D eigenvalue weighted by molar-refractivity contribution is -0.141. The first kappa shape index (κ1) is 14.0. The van der Waals surface area contributed by atoms with E-state index in [4.69, 9.17) is 9.84 Å². The molecule has 0 spiro atoms. The first-order chi connectivity index (χ1) is 9.04. The Kier molecular flexibility index (Phi) is 4.16. The third kappa shape index (κ3) is 3.10. The first-order valence-corrected chi connectivity index (χ1v) is 6.91. The normalized spacial score (nSPS) is 16.1. The van der Waals surface area contributed by atoms with Gasteiger partial charge in [-0.2, -0.15) is 0 Å². The molecule has 1 unspecified atom stereocenters. The quantitative estimate of drug-likeness (QED) is 0.853. The number of aromatic nitrogens is 1. The van der Waals surface area contributed by atoms with E-state index in [-0.39, 0.29) is 11.9 Å². The summed E-state index contributed by atoms with van der Waals surface area (Å²) < 4.78 is 4.96. The average Bonchev–Trinajstić information content (AvgIpc) is 3.08. The van der Waals surface area contributed by atoms with Crippen molar-refractivity contribution in [2.75, 3.05) is 7.11 Å². The summed E-state index contributed by atoms with van der Waals surface area (Å²) in [6.45, 7) is 1.89. The number of aliphatic carboxylic acids is 1. The van der Waals surface area contributed by atoms with E-state index in [1.165, 1.54) is 23.2 Å². The van der Waals surface area contributed by atoms with E-state index in [0.717, 1.165) is 12.8 Å². The number of carbonyl (C=O) groups excluding carboxylic acids is 1. The minimum absolute atomic E-state index is 0.0335. The Morgan fingerprint density at radius 3 is 2.84 bits per heavy atom. The molecule has 1 aromatic heterocycles. The van der Waals surface area contributed by atoms with Gasteiger partial charge in [0.05, 0.1) is 6.61 Å². The lowest BCUT2D eigenvalue weighted by Crippen LogP contribution is -2.44. The summed E-state index contributed by atoms with van der Waals surface area (Å²) in [5.74, 6) is -1.30. The summed E-state index contributed by atoms with van der Waals surface area (Å²) in [4.78, 5) is 29.0. The molecule has 6 nitrogen and oxygen atoms in total. The van der Waals surface area contributed by atoms with E-state index in [1.54, 1.807) is 12.5 Å². The van der Waals surface area contributed by atoms with Crippen LogP contribution in [0.3, 0.4) is 0 Å². The van der Waals surface area contributed by atoms with Gasteiger partial charge >= 0.3 is 5.97 Å². The molecule has 1 saturated carbocycles. The van der Waals surface area contributed by atoms with Crippen LogP contribution in [0, 0.1) is 0 Å². The number of rotatable bonds is 6. The average molecular weight is 284 g/mol. The smallest absolute Gasteiger partial charge is 0.326 e. The Bertz CT molecular complexity index is 484. The van der Waals surface area contributed by atoms with Gasteiger partial charge in [0.25, 0.3) is 5.91 Å². The molecule has 1 amide bonds. The highest BCUT2D eigenvalue weighted by Gasteiger charge is 2.39. The number of thiazole rings is 1. The third-order valence-corrected chi connectivity index (χ3v) is 3.81. The minimum atomic E-state index is -0.993. The van der Waals surface area contributed by atoms with Gasteiger partial charge in [-0.3, -0.25) is 4.79 Å². The summed E-state index contributed by atoms with van der Waals surface area (Å²) >= 11 is 1.34. The second kappa shape index (κ2) is 5.66. The van der Waals surface area contributed by atoms with E-state index in [0.29, 0.717) is 17.3 Å². The Hall–Kier alpha value is -1.47. The molecule has 1 aliphatic carbocycles. The molecule has 0 saturated heterocycles. The van der Waals surface area contributed by atoms with Crippen LogP contribution in [0.15, 0.2) is 5.38 Å². The maximum absolute atomic E-state index is 12.4. The van der Waals surface area contributed by atoms with Crippen LogP contribution in [0.4, 0.5) is 0 Å². The summed E-state index contributed by atoms with van der Waals surface area (Å²) in [5.41, 5.74) is 0.303. The Balaban J connectivity index is 2.16. The number of carboxylic acid groups (broad SMARTS) is 1. The predicted molar refractivity (Wildman–Crippen MR) is 69.1 cm³/mol. The summed E-state index contributed by atoms with van der Waals surface area (Å²) in [7, 11) is 1.56. The molecule has 1 atom stereocenters. The number of methoxy groups -OCH3 is 1. The minimum Gasteiger partial charge on any atom is -0.480 e. The van der Waals surface area contributed by atoms with Gasteiger partial charge in [0, 0.05) is 18.5 Å². The molecule has 1 aromatic rings. The van der Waals surface area contributed by atoms with Crippen molar-refractivity contribution in [2.24, 2.45) is 0 Å². The molecular weight excluding hydrogens is 268 g/mol. The van der Waals surface area contributed by atoms with E-state index in [9.17, 15) is 9.59 Å². The number of amides is 1. The van der Waals surface area contributed by atoms with Gasteiger partial charge in [-0.1, -0.05) is 0 Å². The number of nitrogens with zero attached hydrogens (tertiary/aromatic N) is 2. The highest BCUT2D eigenvalue weighted by atomic mass is 32.1. The Labute approximate surface area is 115 Å². The van der Waals surface area contributed by atoms with E-state index in [2.05, 4.69) is 4.98 Å². The van der Waals surface area contributed by atoms with Crippen molar-refractivity contribution in [3.8, 4) is 0 Å². The monoisotopic (exact) mass is 284 g/mol. The fourth-order valence-electron chi connectivity index (χ4n) is 1.86. The van der Waals surface area contributed by atoms with Crippen molar-refractivity contribution in [3.05, 3.63) is 16.1 Å². The molecule has 104 valence electrons. The van der Waals surface area contributed by atoms with Gasteiger partial charge in [-0.05, 0) is 19.8 Å². The SMILES string of the molecule is COCc1nc(C(=O)N(C2CC2)C(C)C(=O)O)cs1. The molecule has 0 aliphatic heterocycles. The van der Waals surface area contributed by atoms with Crippen LogP contribution in [0.25, 0.3) is 0 Å². The zero-order chi connectivity index (χ0) is 14.0. The molecule has 1 fully saturated rings. The highest BCUT2D eigenvalue weighted by molar-refractivity contribution is 7.09. The Morgan fingerprint density at radius 1 is 1.63 bits per heavy atom. The number of hydrogen-bond acceptors (Lipinski definition) is 5. The summed E-state index contributed by atoms with van der Waals surface area (Å²) in [5, 5.41) is 11.4. The zero-order valence-electron chi connectivity index (χ0n) is 10.8. The zero-order valence-corrected chi connectivity index (χ0v) is 11.6. The maximum Gasteiger partial charge on any atom is 0.326 e. The Morgan fingerprint density at radius 2 is 2.32 bits per heavy atom. The molecule has 1 heterocycles. The van der Waals surface area contributed by atoms with Crippen molar-refractivity contribution in [3.63, 3.8) is 0 Å². The fraction of sp³-hybridized carbons (Fsp3) is 0.583. The second-order valence-electron chi connectivity index (χ2n) is 4.52. The maximum atomic E-state index is 12.4. The molecule has 2 rings (SSSR count). The van der Waals surface area contributed by atoms with E-state index >= 15 is 0 Å². The first-order valence-electron chi connectivity index (χ1n) is 6.03. The molecule has 1 aliphatic rings. The fourth-order valence-corrected chi connectivity index (χ4v) is 2.60. The highest BCUT2D eigenvalue weighted by Crippen LogP contribution is 2.30. The van der Waals surface area contributed by atoms with Gasteiger partial charge in [0.15, 0.2) is 0 Å². The topological polar surface area (TPSA) is 79.7 Å². The molecule has 0 radical (unpaired) electrons. The van der Waals surface area contributed by atoms with Crippen molar-refractivity contribution >= 4 is 23.2 Å². The van der Waals surface area contributed by atoms with Gasteiger partial charge in [0.2, 0.25) is 0 Å². The van der Waals surface area contributed by atoms with Crippen molar-refractivity contribution in [1.29, 1.82) is 0 Å². The van der Waals surface area contributed by atoms with Crippen LogP contribution in [0.5, 0.6) is 0 Å². The largest absolute Gasteiger partial charge is 0.480 e. The van der Waals surface area contributed by atoms with Crippen LogP contribution >= 0.6 is 11.3 Å². The number of carbonyl (C=O) groups is 2. The predicted octanol–water partition coefficient (Wildman–Crippen LogP) is 1.37. The second-order valence-corrected chi connectivity index (χ2v) is 5.46. The van der Waals surface area contributed by atoms with Gasteiger partial charge in [0.1, 0.15) is 16.7 Å². The molecule has 0 aromatic carbocycles. The van der Waals surface area contributed by atoms with Crippen LogP contribution in [-0.4, -0.2) is 46.1 Å². The van der Waals surface area contributed by atoms with Crippen molar-refractivity contribution in [2.45, 2.75) is 38.5 Å². The van der Waals surface area contributed by atoms with Crippen molar-refractivity contribution in [1.82, 2.24) is 9.88 Å². The standard InChI is InChI=1S/C12H16N2O4S/c1-7(12(16)17)14(8-3-4-8)11(15)9-6-19-10(13-9)5-18-2/h6-8H,3-5H2,1-2H3,(H,16,17). The number of carboxylic acids is 1. The molecule has 7 heteroatoms. The summed E-state index contributed by atoms with van der Waals surface area (Å²) in [6, 6.07) is -0.793. The van der Waals surface area contributed by atoms with Gasteiger partial charge in [-0.25, -0.2) is 9.78 Å². The summed E-state index contributed by atoms with van der Waals surface area (Å²) in [6.07, 6.45) is 1.72. The third-order valence-electron chi connectivity index (χ3n) is 2.99. The van der Waals surface area contributed by atoms with Crippen LogP contribution in [0.2, 0.25) is 0 Å². The molecular formula is C12H16N2O4S. The molecule has 19 heavy (non-hydrogen) atoms. The molecule has 1 N–H and O–H groups in total. The number of ether oxygens (including phenoxy) is 1. The lowest BCUT2D eigenvalue weighted by Gasteiger charge is -2.25. The molecule has 0 bridgehead atoms. The van der Waals surface area contributed by atoms with E-state index < -0.39 is 12.0 Å². The van der Waals surface area contributed by atoms with E-state index in [1.807, 2.05) is 0 Å². The van der Waals surface area contributed by atoms with Crippen molar-refractivity contribution < 1.29 is 19.4 Å². The van der Waals surface area contributed by atoms with Crippen LogP contribution in [0.1, 0.15) is 35.3 Å². The van der Waals surface area contributed by atoms with Crippen LogP contribution in [-0.2, 0) is 16.1 Å². The van der Waals surface area contributed by atoms with Gasteiger partial charge in [-0.15, -0.1) is 11.3 Å².